The highest BCUT2D eigenvalue weighted by Crippen LogP contribution is 2.29. The summed E-state index contributed by atoms with van der Waals surface area (Å²) in [5, 5.41) is 6.00. The van der Waals surface area contributed by atoms with E-state index in [0.717, 1.165) is 41.6 Å². The standard InChI is InChI=1S/C29H31N3O3S/c1-4-6-15-34-24-12-8-9-21(17-24)27(33)32-29(36)30-23-11-7-10-22(16-23)28-31-25-18-20(19(3)5-2)13-14-26(25)35-28/h7-14,16-19H,4-6,15H2,1-3H3,(H2,30,32,33,36)/t19-/m0/s1. The summed E-state index contributed by atoms with van der Waals surface area (Å²) in [4.78, 5) is 17.4. The Morgan fingerprint density at radius 1 is 1.08 bits per heavy atom. The first-order valence-corrected chi connectivity index (χ1v) is 12.7. The van der Waals surface area contributed by atoms with Gasteiger partial charge in [-0.15, -0.1) is 0 Å². The molecule has 1 atom stereocenters. The van der Waals surface area contributed by atoms with Crippen molar-refractivity contribution >= 4 is 40.0 Å². The second kappa shape index (κ2) is 11.8. The van der Waals surface area contributed by atoms with E-state index in [9.17, 15) is 4.79 Å². The summed E-state index contributed by atoms with van der Waals surface area (Å²) >= 11 is 5.38. The molecule has 4 rings (SSSR count). The molecule has 0 fully saturated rings. The first-order chi connectivity index (χ1) is 17.5. The highest BCUT2D eigenvalue weighted by Gasteiger charge is 2.13. The molecular weight excluding hydrogens is 470 g/mol. The highest BCUT2D eigenvalue weighted by molar-refractivity contribution is 7.80. The van der Waals surface area contributed by atoms with Crippen LogP contribution in [-0.4, -0.2) is 22.6 Å². The number of hydrogen-bond donors (Lipinski definition) is 2. The van der Waals surface area contributed by atoms with E-state index in [-0.39, 0.29) is 11.0 Å². The molecule has 186 valence electrons. The van der Waals surface area contributed by atoms with Crippen molar-refractivity contribution in [2.75, 3.05) is 11.9 Å². The number of carbonyl (C=O) groups is 1. The molecule has 6 nitrogen and oxygen atoms in total. The van der Waals surface area contributed by atoms with Crippen molar-refractivity contribution in [1.82, 2.24) is 10.3 Å². The van der Waals surface area contributed by atoms with Crippen LogP contribution in [0, 0.1) is 0 Å². The number of aromatic nitrogens is 1. The minimum Gasteiger partial charge on any atom is -0.494 e. The fraction of sp³-hybridized carbons (Fsp3) is 0.276. The maximum absolute atomic E-state index is 12.7. The Kier molecular flexibility index (Phi) is 8.33. The van der Waals surface area contributed by atoms with Crippen LogP contribution in [0.4, 0.5) is 5.69 Å². The number of ether oxygens (including phenoxy) is 1. The van der Waals surface area contributed by atoms with E-state index in [1.54, 1.807) is 18.2 Å². The van der Waals surface area contributed by atoms with Gasteiger partial charge in [-0.05, 0) is 85.1 Å². The fourth-order valence-corrected chi connectivity index (χ4v) is 3.95. The molecule has 0 aliphatic heterocycles. The van der Waals surface area contributed by atoms with E-state index in [1.165, 1.54) is 5.56 Å². The lowest BCUT2D eigenvalue weighted by atomic mass is 9.98. The summed E-state index contributed by atoms with van der Waals surface area (Å²) in [5.41, 5.74) is 4.85. The number of rotatable bonds is 9. The third-order valence-corrected chi connectivity index (χ3v) is 6.25. The van der Waals surface area contributed by atoms with E-state index >= 15 is 0 Å². The Hall–Kier alpha value is -3.71. The molecule has 7 heteroatoms. The number of unbranched alkanes of at least 4 members (excludes halogenated alkanes) is 1. The second-order valence-corrected chi connectivity index (χ2v) is 9.18. The van der Waals surface area contributed by atoms with Gasteiger partial charge < -0.3 is 14.5 Å². The second-order valence-electron chi connectivity index (χ2n) is 8.77. The molecule has 0 bridgehead atoms. The molecule has 0 unspecified atom stereocenters. The van der Waals surface area contributed by atoms with Gasteiger partial charge in [-0.3, -0.25) is 10.1 Å². The van der Waals surface area contributed by atoms with Crippen molar-refractivity contribution in [3.05, 3.63) is 77.9 Å². The van der Waals surface area contributed by atoms with Crippen molar-refractivity contribution in [2.24, 2.45) is 0 Å². The third kappa shape index (κ3) is 6.29. The van der Waals surface area contributed by atoms with E-state index in [4.69, 9.17) is 26.4 Å². The lowest BCUT2D eigenvalue weighted by molar-refractivity contribution is 0.0977. The Labute approximate surface area is 217 Å². The zero-order chi connectivity index (χ0) is 25.5. The number of nitrogens with zero attached hydrogens (tertiary/aromatic N) is 1. The molecule has 0 saturated carbocycles. The van der Waals surface area contributed by atoms with Gasteiger partial charge >= 0.3 is 0 Å². The summed E-state index contributed by atoms with van der Waals surface area (Å²) in [5.74, 6) is 1.36. The van der Waals surface area contributed by atoms with Crippen LogP contribution in [0.2, 0.25) is 0 Å². The minimum atomic E-state index is -0.305. The number of thiocarbonyl (C=S) groups is 1. The predicted octanol–water partition coefficient (Wildman–Crippen LogP) is 7.31. The van der Waals surface area contributed by atoms with Crippen LogP contribution >= 0.6 is 12.2 Å². The van der Waals surface area contributed by atoms with E-state index in [0.29, 0.717) is 29.7 Å². The van der Waals surface area contributed by atoms with Gasteiger partial charge in [0.2, 0.25) is 5.89 Å². The van der Waals surface area contributed by atoms with Gasteiger partial charge in [0, 0.05) is 16.8 Å². The maximum Gasteiger partial charge on any atom is 0.257 e. The highest BCUT2D eigenvalue weighted by atomic mass is 32.1. The van der Waals surface area contributed by atoms with Crippen molar-refractivity contribution in [3.8, 4) is 17.2 Å². The van der Waals surface area contributed by atoms with Crippen LogP contribution in [0.3, 0.4) is 0 Å². The van der Waals surface area contributed by atoms with E-state index in [2.05, 4.69) is 43.5 Å². The molecule has 0 aliphatic rings. The Balaban J connectivity index is 1.42. The van der Waals surface area contributed by atoms with Crippen LogP contribution in [0.5, 0.6) is 5.75 Å². The summed E-state index contributed by atoms with van der Waals surface area (Å²) in [6.45, 7) is 7.11. The number of anilines is 1. The molecule has 1 amide bonds. The molecule has 2 N–H and O–H groups in total. The lowest BCUT2D eigenvalue weighted by Gasteiger charge is -2.11. The first-order valence-electron chi connectivity index (χ1n) is 12.3. The lowest BCUT2D eigenvalue weighted by Crippen LogP contribution is -2.34. The van der Waals surface area contributed by atoms with Crippen LogP contribution in [0.15, 0.2) is 71.1 Å². The van der Waals surface area contributed by atoms with Crippen LogP contribution < -0.4 is 15.4 Å². The van der Waals surface area contributed by atoms with Crippen LogP contribution in [-0.2, 0) is 0 Å². The Bertz CT molecular complexity index is 1360. The van der Waals surface area contributed by atoms with Crippen molar-refractivity contribution in [2.45, 2.75) is 46.0 Å². The molecule has 0 saturated heterocycles. The first kappa shape index (κ1) is 25.4. The molecular formula is C29H31N3O3S. The third-order valence-electron chi connectivity index (χ3n) is 6.05. The van der Waals surface area contributed by atoms with Crippen LogP contribution in [0.25, 0.3) is 22.6 Å². The Morgan fingerprint density at radius 2 is 1.92 bits per heavy atom. The van der Waals surface area contributed by atoms with Gasteiger partial charge in [0.25, 0.3) is 5.91 Å². The van der Waals surface area contributed by atoms with Crippen molar-refractivity contribution < 1.29 is 13.9 Å². The topological polar surface area (TPSA) is 76.4 Å². The van der Waals surface area contributed by atoms with Crippen molar-refractivity contribution in [1.29, 1.82) is 0 Å². The van der Waals surface area contributed by atoms with Crippen LogP contribution in [0.1, 0.15) is 61.9 Å². The summed E-state index contributed by atoms with van der Waals surface area (Å²) in [6.07, 6.45) is 3.08. The number of fused-ring (bicyclic) bond motifs is 1. The van der Waals surface area contributed by atoms with Crippen molar-refractivity contribution in [3.63, 3.8) is 0 Å². The summed E-state index contributed by atoms with van der Waals surface area (Å²) in [7, 11) is 0. The Morgan fingerprint density at radius 3 is 2.72 bits per heavy atom. The number of nitrogens with one attached hydrogen (secondary N) is 2. The number of carbonyl (C=O) groups excluding carboxylic acids is 1. The van der Waals surface area contributed by atoms with Gasteiger partial charge in [-0.25, -0.2) is 4.98 Å². The zero-order valence-electron chi connectivity index (χ0n) is 20.8. The molecule has 3 aromatic carbocycles. The predicted molar refractivity (Wildman–Crippen MR) is 149 cm³/mol. The zero-order valence-corrected chi connectivity index (χ0v) is 21.7. The molecule has 1 aromatic heterocycles. The summed E-state index contributed by atoms with van der Waals surface area (Å²) < 4.78 is 11.7. The van der Waals surface area contributed by atoms with Gasteiger partial charge in [0.1, 0.15) is 11.3 Å². The smallest absolute Gasteiger partial charge is 0.257 e. The van der Waals surface area contributed by atoms with Gasteiger partial charge in [0.05, 0.1) is 6.61 Å². The number of benzene rings is 3. The average molecular weight is 502 g/mol. The molecule has 0 aliphatic carbocycles. The fourth-order valence-electron chi connectivity index (χ4n) is 3.74. The SMILES string of the molecule is CCCCOc1cccc(C(=O)NC(=S)Nc2cccc(-c3nc4cc([C@@H](C)CC)ccc4o3)c2)c1. The normalized spacial score (nSPS) is 11.8. The van der Waals surface area contributed by atoms with E-state index < -0.39 is 0 Å². The number of hydrogen-bond acceptors (Lipinski definition) is 5. The average Bonchev–Trinajstić information content (AvgIpc) is 3.32. The monoisotopic (exact) mass is 501 g/mol. The maximum atomic E-state index is 12.7. The molecule has 0 radical (unpaired) electrons. The molecule has 1 heterocycles. The molecule has 4 aromatic rings. The largest absolute Gasteiger partial charge is 0.494 e. The number of amides is 1. The quantitative estimate of drug-likeness (QED) is 0.185. The molecule has 0 spiro atoms. The van der Waals surface area contributed by atoms with Gasteiger partial charge in [-0.1, -0.05) is 45.4 Å². The van der Waals surface area contributed by atoms with E-state index in [1.807, 2.05) is 36.4 Å². The minimum absolute atomic E-state index is 0.199. The van der Waals surface area contributed by atoms with Gasteiger partial charge in [0.15, 0.2) is 10.7 Å². The summed E-state index contributed by atoms with van der Waals surface area (Å²) in [6, 6.07) is 20.8. The molecule has 36 heavy (non-hydrogen) atoms. The number of oxazole rings is 1. The van der Waals surface area contributed by atoms with Gasteiger partial charge in [-0.2, -0.15) is 0 Å².